The Morgan fingerprint density at radius 3 is 2.79 bits per heavy atom. The van der Waals surface area contributed by atoms with Gasteiger partial charge in [-0.25, -0.2) is 4.98 Å². The van der Waals surface area contributed by atoms with E-state index in [4.69, 9.17) is 4.98 Å². The van der Waals surface area contributed by atoms with Crippen LogP contribution in [0.25, 0.3) is 0 Å². The highest BCUT2D eigenvalue weighted by molar-refractivity contribution is 5.13. The standard InChI is InChI=1S/C16H27N3/c1-12(2)18-10-5-4-8-15(18)14-11-19-13(3)7-6-9-16(19)17-14/h11-13,15H,4-10H2,1-3H3. The van der Waals surface area contributed by atoms with Crippen molar-refractivity contribution >= 4 is 0 Å². The van der Waals surface area contributed by atoms with Crippen LogP contribution in [0.5, 0.6) is 0 Å². The molecule has 0 amide bonds. The summed E-state index contributed by atoms with van der Waals surface area (Å²) >= 11 is 0. The number of likely N-dealkylation sites (tertiary alicyclic amines) is 1. The molecule has 3 heteroatoms. The summed E-state index contributed by atoms with van der Waals surface area (Å²) < 4.78 is 2.44. The van der Waals surface area contributed by atoms with Crippen LogP contribution in [-0.4, -0.2) is 27.0 Å². The Kier molecular flexibility index (Phi) is 3.66. The van der Waals surface area contributed by atoms with Gasteiger partial charge in [0.15, 0.2) is 0 Å². The summed E-state index contributed by atoms with van der Waals surface area (Å²) in [6, 6.07) is 1.82. The topological polar surface area (TPSA) is 21.1 Å². The summed E-state index contributed by atoms with van der Waals surface area (Å²) in [6.45, 7) is 8.20. The smallest absolute Gasteiger partial charge is 0.109 e. The molecule has 0 aliphatic carbocycles. The van der Waals surface area contributed by atoms with Gasteiger partial charge in [0.05, 0.1) is 11.7 Å². The SMILES string of the molecule is CC(C)N1CCCCC1c1cn2c(n1)CCCC2C. The highest BCUT2D eigenvalue weighted by Crippen LogP contribution is 2.34. The number of imidazole rings is 1. The van der Waals surface area contributed by atoms with Crippen LogP contribution in [0.4, 0.5) is 0 Å². The Balaban J connectivity index is 1.88. The predicted molar refractivity (Wildman–Crippen MR) is 78.3 cm³/mol. The number of hydrogen-bond acceptors (Lipinski definition) is 2. The van der Waals surface area contributed by atoms with E-state index < -0.39 is 0 Å². The van der Waals surface area contributed by atoms with Crippen molar-refractivity contribution in [3.8, 4) is 0 Å². The third-order valence-corrected chi connectivity index (χ3v) is 4.87. The number of piperidine rings is 1. The summed E-state index contributed by atoms with van der Waals surface area (Å²) in [6.07, 6.45) is 10.1. The molecule has 0 aromatic carbocycles. The van der Waals surface area contributed by atoms with Crippen LogP contribution in [0.1, 0.15) is 76.5 Å². The van der Waals surface area contributed by atoms with Crippen LogP contribution in [-0.2, 0) is 6.42 Å². The van der Waals surface area contributed by atoms with E-state index in [0.29, 0.717) is 18.1 Å². The van der Waals surface area contributed by atoms with Crippen molar-refractivity contribution in [3.63, 3.8) is 0 Å². The fourth-order valence-electron chi connectivity index (χ4n) is 3.76. The van der Waals surface area contributed by atoms with E-state index in [1.54, 1.807) is 0 Å². The zero-order valence-electron chi connectivity index (χ0n) is 12.6. The first-order valence-corrected chi connectivity index (χ1v) is 8.00. The molecule has 1 aromatic rings. The maximum atomic E-state index is 4.98. The molecule has 2 atom stereocenters. The second-order valence-electron chi connectivity index (χ2n) is 6.57. The third kappa shape index (κ3) is 2.45. The van der Waals surface area contributed by atoms with Gasteiger partial charge in [0.1, 0.15) is 5.82 Å². The van der Waals surface area contributed by atoms with Gasteiger partial charge in [-0.1, -0.05) is 6.42 Å². The lowest BCUT2D eigenvalue weighted by atomic mass is 9.98. The van der Waals surface area contributed by atoms with Gasteiger partial charge < -0.3 is 4.57 Å². The van der Waals surface area contributed by atoms with E-state index >= 15 is 0 Å². The first-order chi connectivity index (χ1) is 9.16. The fourth-order valence-corrected chi connectivity index (χ4v) is 3.76. The first-order valence-electron chi connectivity index (χ1n) is 8.00. The molecule has 0 radical (unpaired) electrons. The van der Waals surface area contributed by atoms with Crippen LogP contribution in [0.15, 0.2) is 6.20 Å². The summed E-state index contributed by atoms with van der Waals surface area (Å²) in [5.74, 6) is 1.32. The summed E-state index contributed by atoms with van der Waals surface area (Å²) in [4.78, 5) is 7.62. The minimum Gasteiger partial charge on any atom is -0.332 e. The van der Waals surface area contributed by atoms with E-state index in [1.165, 1.54) is 56.6 Å². The lowest BCUT2D eigenvalue weighted by molar-refractivity contribution is 0.109. The second kappa shape index (κ2) is 5.28. The Bertz CT molecular complexity index is 435. The molecule has 19 heavy (non-hydrogen) atoms. The van der Waals surface area contributed by atoms with E-state index in [-0.39, 0.29) is 0 Å². The Hall–Kier alpha value is -0.830. The van der Waals surface area contributed by atoms with Crippen molar-refractivity contribution in [2.75, 3.05) is 6.54 Å². The van der Waals surface area contributed by atoms with Gasteiger partial charge >= 0.3 is 0 Å². The second-order valence-corrected chi connectivity index (χ2v) is 6.57. The lowest BCUT2D eigenvalue weighted by Gasteiger charge is -2.37. The number of rotatable bonds is 2. The van der Waals surface area contributed by atoms with Gasteiger partial charge in [-0.2, -0.15) is 0 Å². The number of aromatic nitrogens is 2. The van der Waals surface area contributed by atoms with E-state index in [2.05, 4.69) is 36.4 Å². The molecule has 2 aliphatic rings. The van der Waals surface area contributed by atoms with E-state index in [0.717, 1.165) is 0 Å². The predicted octanol–water partition coefficient (Wildman–Crippen LogP) is 3.72. The fraction of sp³-hybridized carbons (Fsp3) is 0.812. The van der Waals surface area contributed by atoms with Crippen molar-refractivity contribution in [1.82, 2.24) is 14.5 Å². The van der Waals surface area contributed by atoms with Gasteiger partial charge in [0.25, 0.3) is 0 Å². The lowest BCUT2D eigenvalue weighted by Crippen LogP contribution is -2.38. The zero-order valence-corrected chi connectivity index (χ0v) is 12.6. The average molecular weight is 261 g/mol. The highest BCUT2D eigenvalue weighted by atomic mass is 15.2. The molecule has 1 saturated heterocycles. The molecule has 2 unspecified atom stereocenters. The Labute approximate surface area is 117 Å². The van der Waals surface area contributed by atoms with Crippen LogP contribution >= 0.6 is 0 Å². The van der Waals surface area contributed by atoms with Crippen LogP contribution < -0.4 is 0 Å². The van der Waals surface area contributed by atoms with Crippen molar-refractivity contribution in [2.24, 2.45) is 0 Å². The van der Waals surface area contributed by atoms with Gasteiger partial charge in [0.2, 0.25) is 0 Å². The maximum Gasteiger partial charge on any atom is 0.109 e. The maximum absolute atomic E-state index is 4.98. The molecule has 0 bridgehead atoms. The van der Waals surface area contributed by atoms with Crippen molar-refractivity contribution in [3.05, 3.63) is 17.7 Å². The highest BCUT2D eigenvalue weighted by Gasteiger charge is 2.29. The van der Waals surface area contributed by atoms with Gasteiger partial charge in [-0.3, -0.25) is 4.90 Å². The largest absolute Gasteiger partial charge is 0.332 e. The molecule has 3 rings (SSSR count). The zero-order chi connectivity index (χ0) is 13.4. The molecule has 0 saturated carbocycles. The molecule has 3 heterocycles. The number of hydrogen-bond donors (Lipinski definition) is 0. The van der Waals surface area contributed by atoms with Crippen molar-refractivity contribution in [2.45, 2.75) is 77.4 Å². The minimum atomic E-state index is 0.555. The monoisotopic (exact) mass is 261 g/mol. The first kappa shape index (κ1) is 13.2. The van der Waals surface area contributed by atoms with Gasteiger partial charge in [0, 0.05) is 24.7 Å². The summed E-state index contributed by atoms with van der Waals surface area (Å²) in [5.41, 5.74) is 1.33. The van der Waals surface area contributed by atoms with Crippen LogP contribution in [0, 0.1) is 0 Å². The number of aryl methyl sites for hydroxylation is 1. The van der Waals surface area contributed by atoms with Gasteiger partial charge in [-0.15, -0.1) is 0 Å². The Morgan fingerprint density at radius 1 is 1.21 bits per heavy atom. The molecular weight excluding hydrogens is 234 g/mol. The van der Waals surface area contributed by atoms with Crippen LogP contribution in [0.3, 0.4) is 0 Å². The normalized spacial score (nSPS) is 28.6. The molecule has 3 nitrogen and oxygen atoms in total. The van der Waals surface area contributed by atoms with Crippen molar-refractivity contribution < 1.29 is 0 Å². The molecule has 0 N–H and O–H groups in total. The summed E-state index contributed by atoms with van der Waals surface area (Å²) in [5, 5.41) is 0. The van der Waals surface area contributed by atoms with Crippen molar-refractivity contribution in [1.29, 1.82) is 0 Å². The molecule has 106 valence electrons. The van der Waals surface area contributed by atoms with E-state index in [1.807, 2.05) is 0 Å². The number of fused-ring (bicyclic) bond motifs is 1. The number of nitrogens with zero attached hydrogens (tertiary/aromatic N) is 3. The molecule has 1 aromatic heterocycles. The molecule has 2 aliphatic heterocycles. The summed E-state index contributed by atoms with van der Waals surface area (Å²) in [7, 11) is 0. The van der Waals surface area contributed by atoms with Gasteiger partial charge in [-0.05, 0) is 53.0 Å². The molecular formula is C16H27N3. The minimum absolute atomic E-state index is 0.555. The molecule has 1 fully saturated rings. The average Bonchev–Trinajstić information content (AvgIpc) is 2.84. The molecule has 0 spiro atoms. The van der Waals surface area contributed by atoms with E-state index in [9.17, 15) is 0 Å². The third-order valence-electron chi connectivity index (χ3n) is 4.87. The quantitative estimate of drug-likeness (QED) is 0.809. The Morgan fingerprint density at radius 2 is 2.05 bits per heavy atom. The van der Waals surface area contributed by atoms with Crippen LogP contribution in [0.2, 0.25) is 0 Å².